The van der Waals surface area contributed by atoms with Crippen LogP contribution >= 0.6 is 11.3 Å². The van der Waals surface area contributed by atoms with Crippen LogP contribution in [0, 0.1) is 0 Å². The highest BCUT2D eigenvalue weighted by molar-refractivity contribution is 7.23. The van der Waals surface area contributed by atoms with E-state index >= 15 is 0 Å². The van der Waals surface area contributed by atoms with Gasteiger partial charge in [-0.2, -0.15) is 4.98 Å². The number of nitrogens with two attached hydrogens (primary N) is 2. The fraction of sp³-hybridized carbons (Fsp3) is 0.250. The molecule has 3 heterocycles. The second-order valence-corrected chi connectivity index (χ2v) is 7.60. The fourth-order valence-corrected chi connectivity index (χ4v) is 4.74. The molecule has 0 fully saturated rings. The Morgan fingerprint density at radius 3 is 2.62 bits per heavy atom. The van der Waals surface area contributed by atoms with Crippen molar-refractivity contribution in [3.8, 4) is 5.75 Å². The van der Waals surface area contributed by atoms with E-state index in [9.17, 15) is 4.79 Å². The number of rotatable bonds is 4. The van der Waals surface area contributed by atoms with Crippen molar-refractivity contribution >= 4 is 44.3 Å². The number of thiophene rings is 1. The molecule has 0 spiro atoms. The van der Waals surface area contributed by atoms with Gasteiger partial charge >= 0.3 is 5.97 Å². The van der Waals surface area contributed by atoms with Crippen LogP contribution in [0.5, 0.6) is 5.75 Å². The maximum atomic E-state index is 12.9. The average molecular weight is 411 g/mol. The highest BCUT2D eigenvalue weighted by Gasteiger charge is 2.37. The summed E-state index contributed by atoms with van der Waals surface area (Å²) in [7, 11) is 1.61. The first-order valence-electron chi connectivity index (χ1n) is 9.08. The van der Waals surface area contributed by atoms with Crippen LogP contribution in [-0.2, 0) is 9.53 Å². The number of aromatic nitrogens is 2. The van der Waals surface area contributed by atoms with Gasteiger partial charge in [-0.1, -0.05) is 12.1 Å². The molecule has 1 aliphatic heterocycles. The molecule has 0 amide bonds. The van der Waals surface area contributed by atoms with Gasteiger partial charge < -0.3 is 26.3 Å². The zero-order valence-corrected chi connectivity index (χ0v) is 17.1. The molecule has 4 rings (SSSR count). The molecule has 1 atom stereocenters. The molecule has 5 N–H and O–H groups in total. The van der Waals surface area contributed by atoms with E-state index < -0.39 is 5.92 Å². The quantitative estimate of drug-likeness (QED) is 0.559. The Kier molecular flexibility index (Phi) is 4.75. The molecule has 0 saturated carbocycles. The van der Waals surface area contributed by atoms with Crippen LogP contribution in [-0.4, -0.2) is 29.7 Å². The Labute approximate surface area is 171 Å². The van der Waals surface area contributed by atoms with E-state index in [0.29, 0.717) is 16.9 Å². The second kappa shape index (κ2) is 7.25. The van der Waals surface area contributed by atoms with Crippen LogP contribution in [0.3, 0.4) is 0 Å². The van der Waals surface area contributed by atoms with E-state index in [1.807, 2.05) is 31.2 Å². The molecule has 150 valence electrons. The Bertz CT molecular complexity index is 1140. The minimum atomic E-state index is -0.390. The van der Waals surface area contributed by atoms with Gasteiger partial charge in [-0.15, -0.1) is 11.3 Å². The molecule has 0 bridgehead atoms. The molecule has 1 aromatic carbocycles. The molecular formula is C20H21N5O3S. The van der Waals surface area contributed by atoms with Crippen molar-refractivity contribution in [2.75, 3.05) is 30.5 Å². The standard InChI is InChI=1S/C20H21N5O3S/c1-4-28-19(26)12-9(2)23-18-14(13(12)10-5-7-11(27-3)8-6-10)15-16(29-18)17(21)25-20(22)24-15/h5-8,13,23H,4H2,1-3H3,(H4,21,22,24,25). The number of esters is 1. The van der Waals surface area contributed by atoms with E-state index in [2.05, 4.69) is 15.3 Å². The number of hydrogen-bond donors (Lipinski definition) is 3. The first-order valence-corrected chi connectivity index (χ1v) is 9.90. The number of fused-ring (bicyclic) bond motifs is 3. The Balaban J connectivity index is 1.99. The third kappa shape index (κ3) is 3.13. The van der Waals surface area contributed by atoms with E-state index in [0.717, 1.165) is 32.3 Å². The normalized spacial score (nSPS) is 15.8. The Morgan fingerprint density at radius 2 is 1.97 bits per heavy atom. The van der Waals surface area contributed by atoms with Crippen LogP contribution in [0.1, 0.15) is 30.9 Å². The van der Waals surface area contributed by atoms with Gasteiger partial charge in [-0.3, -0.25) is 0 Å². The summed E-state index contributed by atoms with van der Waals surface area (Å²) in [5, 5.41) is 4.18. The van der Waals surface area contributed by atoms with Crippen LogP contribution in [0.4, 0.5) is 16.8 Å². The van der Waals surface area contributed by atoms with Gasteiger partial charge in [-0.05, 0) is 31.5 Å². The van der Waals surface area contributed by atoms with E-state index in [1.54, 1.807) is 14.0 Å². The minimum Gasteiger partial charge on any atom is -0.497 e. The van der Waals surface area contributed by atoms with Gasteiger partial charge in [0.05, 0.1) is 34.5 Å². The van der Waals surface area contributed by atoms with Gasteiger partial charge in [0.1, 0.15) is 11.6 Å². The summed E-state index contributed by atoms with van der Waals surface area (Å²) in [5.41, 5.74) is 15.6. The van der Waals surface area contributed by atoms with Crippen LogP contribution in [0.2, 0.25) is 0 Å². The van der Waals surface area contributed by atoms with Crippen molar-refractivity contribution in [3.63, 3.8) is 0 Å². The lowest BCUT2D eigenvalue weighted by molar-refractivity contribution is -0.138. The number of benzene rings is 1. The first kappa shape index (κ1) is 19.0. The number of anilines is 3. The highest BCUT2D eigenvalue weighted by atomic mass is 32.1. The topological polar surface area (TPSA) is 125 Å². The minimum absolute atomic E-state index is 0.0908. The smallest absolute Gasteiger partial charge is 0.336 e. The van der Waals surface area contributed by atoms with Crippen molar-refractivity contribution in [1.82, 2.24) is 9.97 Å². The summed E-state index contributed by atoms with van der Waals surface area (Å²) in [4.78, 5) is 21.4. The molecule has 9 heteroatoms. The number of nitrogens with zero attached hydrogens (tertiary/aromatic N) is 2. The Hall–Kier alpha value is -3.33. The predicted molar refractivity (Wildman–Crippen MR) is 114 cm³/mol. The molecule has 29 heavy (non-hydrogen) atoms. The van der Waals surface area contributed by atoms with Crippen LogP contribution in [0.25, 0.3) is 10.2 Å². The van der Waals surface area contributed by atoms with Gasteiger partial charge in [0.25, 0.3) is 0 Å². The first-order chi connectivity index (χ1) is 13.9. The van der Waals surface area contributed by atoms with Crippen molar-refractivity contribution in [3.05, 3.63) is 46.7 Å². The molecule has 0 aliphatic carbocycles. The van der Waals surface area contributed by atoms with Crippen molar-refractivity contribution in [2.24, 2.45) is 0 Å². The Morgan fingerprint density at radius 1 is 1.24 bits per heavy atom. The SMILES string of the molecule is CCOC(=O)C1=C(C)Nc2sc3c(N)nc(N)nc3c2C1c1ccc(OC)cc1. The summed E-state index contributed by atoms with van der Waals surface area (Å²) in [6.45, 7) is 3.93. The number of nitrogen functional groups attached to an aromatic ring is 2. The zero-order valence-electron chi connectivity index (χ0n) is 16.3. The fourth-order valence-electron chi connectivity index (χ4n) is 3.60. The number of allylic oxidation sites excluding steroid dienone is 1. The lowest BCUT2D eigenvalue weighted by Crippen LogP contribution is -2.23. The summed E-state index contributed by atoms with van der Waals surface area (Å²) < 4.78 is 11.4. The summed E-state index contributed by atoms with van der Waals surface area (Å²) in [5.74, 6) is 0.370. The maximum absolute atomic E-state index is 12.9. The molecule has 1 unspecified atom stereocenters. The number of carbonyl (C=O) groups is 1. The second-order valence-electron chi connectivity index (χ2n) is 6.58. The number of carbonyl (C=O) groups excluding carboxylic acids is 1. The highest BCUT2D eigenvalue weighted by Crippen LogP contribution is 2.50. The average Bonchev–Trinajstić information content (AvgIpc) is 3.05. The van der Waals surface area contributed by atoms with Crippen molar-refractivity contribution in [2.45, 2.75) is 19.8 Å². The molecule has 8 nitrogen and oxygen atoms in total. The van der Waals surface area contributed by atoms with Gasteiger partial charge in [0.15, 0.2) is 0 Å². The largest absolute Gasteiger partial charge is 0.497 e. The zero-order chi connectivity index (χ0) is 20.7. The summed E-state index contributed by atoms with van der Waals surface area (Å²) in [6.07, 6.45) is 0. The molecular weight excluding hydrogens is 390 g/mol. The number of ether oxygens (including phenoxy) is 2. The van der Waals surface area contributed by atoms with Crippen LogP contribution < -0.4 is 21.5 Å². The summed E-state index contributed by atoms with van der Waals surface area (Å²) in [6, 6.07) is 7.59. The molecule has 3 aromatic rings. The maximum Gasteiger partial charge on any atom is 0.336 e. The van der Waals surface area contributed by atoms with E-state index in [-0.39, 0.29) is 18.5 Å². The third-order valence-electron chi connectivity index (χ3n) is 4.84. The van der Waals surface area contributed by atoms with Crippen molar-refractivity contribution in [1.29, 1.82) is 0 Å². The number of methoxy groups -OCH3 is 1. The van der Waals surface area contributed by atoms with E-state index in [4.69, 9.17) is 20.9 Å². The summed E-state index contributed by atoms with van der Waals surface area (Å²) >= 11 is 1.44. The van der Waals surface area contributed by atoms with E-state index in [1.165, 1.54) is 11.3 Å². The van der Waals surface area contributed by atoms with Crippen LogP contribution in [0.15, 0.2) is 35.5 Å². The predicted octanol–water partition coefficient (Wildman–Crippen LogP) is 3.26. The number of nitrogens with one attached hydrogen (secondary N) is 1. The molecule has 0 saturated heterocycles. The van der Waals surface area contributed by atoms with Gasteiger partial charge in [0, 0.05) is 17.2 Å². The van der Waals surface area contributed by atoms with Crippen molar-refractivity contribution < 1.29 is 14.3 Å². The lowest BCUT2D eigenvalue weighted by atomic mass is 9.82. The van der Waals surface area contributed by atoms with Gasteiger partial charge in [-0.25, -0.2) is 9.78 Å². The molecule has 2 aromatic heterocycles. The molecule has 0 radical (unpaired) electrons. The number of hydrogen-bond acceptors (Lipinski definition) is 9. The monoisotopic (exact) mass is 411 g/mol. The molecule has 1 aliphatic rings. The lowest BCUT2D eigenvalue weighted by Gasteiger charge is -2.28. The van der Waals surface area contributed by atoms with Gasteiger partial charge in [0.2, 0.25) is 5.95 Å². The third-order valence-corrected chi connectivity index (χ3v) is 5.97.